The van der Waals surface area contributed by atoms with Crippen LogP contribution < -0.4 is 5.32 Å². The van der Waals surface area contributed by atoms with Crippen molar-refractivity contribution >= 4 is 11.6 Å². The highest BCUT2D eigenvalue weighted by atomic mass is 16.1. The minimum absolute atomic E-state index is 0.0503. The van der Waals surface area contributed by atoms with Crippen LogP contribution in [-0.4, -0.2) is 11.6 Å². The maximum absolute atomic E-state index is 13.2. The molecule has 29 heavy (non-hydrogen) atoms. The summed E-state index contributed by atoms with van der Waals surface area (Å²) in [6.45, 7) is 4.29. The van der Waals surface area contributed by atoms with E-state index in [1.807, 2.05) is 18.2 Å². The molecule has 0 aromatic heterocycles. The molecule has 0 bridgehead atoms. The first-order valence-corrected chi connectivity index (χ1v) is 10.4. The number of dihydropyridines is 1. The number of ketones is 2. The van der Waals surface area contributed by atoms with E-state index in [1.54, 1.807) is 0 Å². The summed E-state index contributed by atoms with van der Waals surface area (Å²) in [6.07, 6.45) is 2.66. The fraction of sp³-hybridized carbons (Fsp3) is 0.308. The zero-order valence-corrected chi connectivity index (χ0v) is 16.9. The standard InChI is InChI=1S/C26H25NO2/c1-26(2)14-20-25(22(29)15-26)23(24-19(27-20)12-13-21(24)28)18-10-8-17(9-11-18)16-6-4-3-5-7-16/h3-11,23,27H,12-15H2,1-2H3. The summed E-state index contributed by atoms with van der Waals surface area (Å²) in [6, 6.07) is 18.6. The second-order valence-electron chi connectivity index (χ2n) is 9.19. The lowest BCUT2D eigenvalue weighted by atomic mass is 9.68. The van der Waals surface area contributed by atoms with Gasteiger partial charge in [0, 0.05) is 41.3 Å². The molecule has 0 amide bonds. The van der Waals surface area contributed by atoms with Crippen LogP contribution >= 0.6 is 0 Å². The molecule has 1 atom stereocenters. The van der Waals surface area contributed by atoms with Crippen LogP contribution in [0.5, 0.6) is 0 Å². The van der Waals surface area contributed by atoms with Gasteiger partial charge in [-0.3, -0.25) is 9.59 Å². The van der Waals surface area contributed by atoms with Gasteiger partial charge < -0.3 is 5.32 Å². The second-order valence-corrected chi connectivity index (χ2v) is 9.19. The molecule has 1 N–H and O–H groups in total. The number of hydrogen-bond acceptors (Lipinski definition) is 3. The highest BCUT2D eigenvalue weighted by Crippen LogP contribution is 2.49. The SMILES string of the molecule is CC1(C)CC(=O)C2=C(C1)NC1=C(C(=O)CC1)C2c1ccc(-c2ccccc2)cc1. The predicted octanol–water partition coefficient (Wildman–Crippen LogP) is 5.30. The van der Waals surface area contributed by atoms with Gasteiger partial charge in [0.1, 0.15) is 0 Å². The van der Waals surface area contributed by atoms with Crippen molar-refractivity contribution in [1.82, 2.24) is 5.32 Å². The van der Waals surface area contributed by atoms with E-state index < -0.39 is 0 Å². The Morgan fingerprint density at radius 1 is 0.759 bits per heavy atom. The number of carbonyl (C=O) groups is 2. The summed E-state index contributed by atoms with van der Waals surface area (Å²) in [5.74, 6) is 0.116. The molecule has 2 aromatic rings. The van der Waals surface area contributed by atoms with Gasteiger partial charge in [-0.15, -0.1) is 0 Å². The maximum Gasteiger partial charge on any atom is 0.162 e. The summed E-state index contributed by atoms with van der Waals surface area (Å²) in [5.41, 5.74) is 6.96. The van der Waals surface area contributed by atoms with Crippen molar-refractivity contribution < 1.29 is 9.59 Å². The van der Waals surface area contributed by atoms with Gasteiger partial charge in [0.15, 0.2) is 11.6 Å². The Hall–Kier alpha value is -2.94. The Morgan fingerprint density at radius 2 is 1.41 bits per heavy atom. The molecule has 0 radical (unpaired) electrons. The van der Waals surface area contributed by atoms with E-state index in [-0.39, 0.29) is 22.9 Å². The van der Waals surface area contributed by atoms with Gasteiger partial charge in [-0.25, -0.2) is 0 Å². The van der Waals surface area contributed by atoms with Crippen LogP contribution in [0.2, 0.25) is 0 Å². The molecule has 0 spiro atoms. The number of allylic oxidation sites excluding steroid dienone is 4. The van der Waals surface area contributed by atoms with Crippen LogP contribution in [0, 0.1) is 5.41 Å². The third-order valence-corrected chi connectivity index (χ3v) is 6.38. The molecular weight excluding hydrogens is 358 g/mol. The molecule has 146 valence electrons. The van der Waals surface area contributed by atoms with Crippen LogP contribution in [-0.2, 0) is 9.59 Å². The van der Waals surface area contributed by atoms with Crippen LogP contribution in [0.25, 0.3) is 11.1 Å². The van der Waals surface area contributed by atoms with Gasteiger partial charge in [0.25, 0.3) is 0 Å². The molecule has 5 rings (SSSR count). The summed E-state index contributed by atoms with van der Waals surface area (Å²) >= 11 is 0. The van der Waals surface area contributed by atoms with Crippen LogP contribution in [0.3, 0.4) is 0 Å². The van der Waals surface area contributed by atoms with E-state index in [1.165, 1.54) is 0 Å². The van der Waals surface area contributed by atoms with Gasteiger partial charge in [-0.05, 0) is 34.9 Å². The molecule has 3 nitrogen and oxygen atoms in total. The first kappa shape index (κ1) is 18.1. The quantitative estimate of drug-likeness (QED) is 0.765. The van der Waals surface area contributed by atoms with Gasteiger partial charge in [-0.1, -0.05) is 68.4 Å². The van der Waals surface area contributed by atoms with Crippen molar-refractivity contribution in [2.75, 3.05) is 0 Å². The average Bonchev–Trinajstić information content (AvgIpc) is 3.07. The number of Topliss-reactive ketones (excluding diaryl/α,β-unsaturated/α-hetero) is 2. The lowest BCUT2D eigenvalue weighted by molar-refractivity contribution is -0.118. The van der Waals surface area contributed by atoms with E-state index in [0.29, 0.717) is 12.8 Å². The molecule has 3 aliphatic rings. The van der Waals surface area contributed by atoms with Gasteiger partial charge in [0.05, 0.1) is 0 Å². The Bertz CT molecular complexity index is 1070. The molecule has 1 unspecified atom stereocenters. The van der Waals surface area contributed by atoms with E-state index in [4.69, 9.17) is 0 Å². The molecule has 2 aromatic carbocycles. The largest absolute Gasteiger partial charge is 0.362 e. The number of benzene rings is 2. The number of hydrogen-bond donors (Lipinski definition) is 1. The Kier molecular flexibility index (Phi) is 4.09. The molecule has 1 aliphatic heterocycles. The number of nitrogens with one attached hydrogen (secondary N) is 1. The third-order valence-electron chi connectivity index (χ3n) is 6.38. The Morgan fingerprint density at radius 3 is 2.14 bits per heavy atom. The number of rotatable bonds is 2. The maximum atomic E-state index is 13.2. The lowest BCUT2D eigenvalue weighted by Crippen LogP contribution is -2.37. The number of carbonyl (C=O) groups excluding carboxylic acids is 2. The van der Waals surface area contributed by atoms with Crippen molar-refractivity contribution in [3.8, 4) is 11.1 Å². The molecule has 0 saturated carbocycles. The molecule has 3 heteroatoms. The van der Waals surface area contributed by atoms with Crippen molar-refractivity contribution in [2.24, 2.45) is 5.41 Å². The van der Waals surface area contributed by atoms with Gasteiger partial charge in [-0.2, -0.15) is 0 Å². The fourth-order valence-electron chi connectivity index (χ4n) is 5.08. The molecule has 1 heterocycles. The van der Waals surface area contributed by atoms with Crippen molar-refractivity contribution in [1.29, 1.82) is 0 Å². The Balaban J connectivity index is 1.60. The highest BCUT2D eigenvalue weighted by Gasteiger charge is 2.44. The van der Waals surface area contributed by atoms with Crippen molar-refractivity contribution in [2.45, 2.75) is 45.4 Å². The summed E-state index contributed by atoms with van der Waals surface area (Å²) in [7, 11) is 0. The van der Waals surface area contributed by atoms with E-state index in [0.717, 1.165) is 52.1 Å². The average molecular weight is 383 g/mol. The predicted molar refractivity (Wildman–Crippen MR) is 114 cm³/mol. The molecular formula is C26H25NO2. The normalized spacial score (nSPS) is 23.0. The first-order chi connectivity index (χ1) is 13.9. The minimum atomic E-state index is -0.232. The van der Waals surface area contributed by atoms with Crippen molar-refractivity contribution in [3.63, 3.8) is 0 Å². The van der Waals surface area contributed by atoms with Gasteiger partial charge in [0.2, 0.25) is 0 Å². The van der Waals surface area contributed by atoms with Crippen LogP contribution in [0.15, 0.2) is 77.1 Å². The van der Waals surface area contributed by atoms with E-state index in [2.05, 4.69) is 55.6 Å². The third kappa shape index (κ3) is 3.05. The minimum Gasteiger partial charge on any atom is -0.362 e. The van der Waals surface area contributed by atoms with Crippen molar-refractivity contribution in [3.05, 3.63) is 82.7 Å². The topological polar surface area (TPSA) is 46.2 Å². The molecule has 2 aliphatic carbocycles. The first-order valence-electron chi connectivity index (χ1n) is 10.4. The monoisotopic (exact) mass is 383 g/mol. The Labute approximate surface area is 171 Å². The summed E-state index contributed by atoms with van der Waals surface area (Å²) in [5, 5.41) is 3.49. The van der Waals surface area contributed by atoms with Crippen LogP contribution in [0.4, 0.5) is 0 Å². The van der Waals surface area contributed by atoms with Gasteiger partial charge >= 0.3 is 0 Å². The summed E-state index contributed by atoms with van der Waals surface area (Å²) in [4.78, 5) is 25.9. The van der Waals surface area contributed by atoms with Crippen LogP contribution in [0.1, 0.15) is 51.0 Å². The summed E-state index contributed by atoms with van der Waals surface area (Å²) < 4.78 is 0. The molecule has 0 saturated heterocycles. The lowest BCUT2D eigenvalue weighted by Gasteiger charge is -2.39. The zero-order valence-electron chi connectivity index (χ0n) is 16.9. The fourth-order valence-corrected chi connectivity index (χ4v) is 5.08. The zero-order chi connectivity index (χ0) is 20.2. The smallest absolute Gasteiger partial charge is 0.162 e. The highest BCUT2D eigenvalue weighted by molar-refractivity contribution is 6.07. The molecule has 0 fully saturated rings. The van der Waals surface area contributed by atoms with E-state index >= 15 is 0 Å². The second kappa shape index (κ2) is 6.55. The van der Waals surface area contributed by atoms with E-state index in [9.17, 15) is 9.59 Å².